The van der Waals surface area contributed by atoms with Gasteiger partial charge in [-0.05, 0) is 36.4 Å². The van der Waals surface area contributed by atoms with Gasteiger partial charge in [-0.25, -0.2) is 8.42 Å². The lowest BCUT2D eigenvalue weighted by Crippen LogP contribution is -1.94. The first-order valence-corrected chi connectivity index (χ1v) is 13.0. The second-order valence-corrected chi connectivity index (χ2v) is 10.4. The van der Waals surface area contributed by atoms with E-state index in [9.17, 15) is 8.42 Å². The number of anilines is 1. The number of pyridine rings is 2. The molecule has 13 heteroatoms. The molecule has 2 aromatic carbocycles. The van der Waals surface area contributed by atoms with Crippen molar-refractivity contribution in [3.63, 3.8) is 0 Å². The van der Waals surface area contributed by atoms with E-state index in [1.54, 1.807) is 24.3 Å². The Balaban J connectivity index is 0.000000208. The van der Waals surface area contributed by atoms with Gasteiger partial charge < -0.3 is 15.2 Å². The van der Waals surface area contributed by atoms with Crippen molar-refractivity contribution in [2.24, 2.45) is 0 Å². The lowest BCUT2D eigenvalue weighted by molar-refractivity contribution is 0.478. The molecule has 186 valence electrons. The molecular formula is C24H14Cl3N5O4S. The van der Waals surface area contributed by atoms with Crippen molar-refractivity contribution in [2.75, 3.05) is 5.73 Å². The van der Waals surface area contributed by atoms with Gasteiger partial charge in [0.25, 0.3) is 9.05 Å². The van der Waals surface area contributed by atoms with Crippen molar-refractivity contribution >= 4 is 48.6 Å². The number of nitrogens with zero attached hydrogens (tertiary/aromatic N) is 4. The quantitative estimate of drug-likeness (QED) is 0.213. The molecule has 0 saturated heterocycles. The Bertz CT molecular complexity index is 1640. The highest BCUT2D eigenvalue weighted by Crippen LogP contribution is 2.29. The van der Waals surface area contributed by atoms with Gasteiger partial charge in [0.1, 0.15) is 35.1 Å². The van der Waals surface area contributed by atoms with Crippen molar-refractivity contribution in [3.8, 4) is 35.1 Å². The minimum Gasteiger partial charge on any atom is -0.454 e. The van der Waals surface area contributed by atoms with E-state index in [-0.39, 0.29) is 16.2 Å². The van der Waals surface area contributed by atoms with Crippen molar-refractivity contribution in [2.45, 2.75) is 4.90 Å². The Morgan fingerprint density at radius 2 is 1.24 bits per heavy atom. The molecular weight excluding hydrogens is 561 g/mol. The number of nitrogen functional groups attached to an aromatic ring is 1. The van der Waals surface area contributed by atoms with Gasteiger partial charge in [0, 0.05) is 40.9 Å². The van der Waals surface area contributed by atoms with Crippen LogP contribution in [0.15, 0.2) is 78.2 Å². The molecule has 0 unspecified atom stereocenters. The van der Waals surface area contributed by atoms with Crippen LogP contribution in [0.5, 0.6) is 23.0 Å². The molecule has 0 fully saturated rings. The molecule has 37 heavy (non-hydrogen) atoms. The maximum absolute atomic E-state index is 11.2. The van der Waals surface area contributed by atoms with E-state index >= 15 is 0 Å². The molecule has 0 spiro atoms. The maximum Gasteiger partial charge on any atom is 0.261 e. The van der Waals surface area contributed by atoms with Gasteiger partial charge in [0.05, 0.1) is 38.5 Å². The van der Waals surface area contributed by atoms with Crippen molar-refractivity contribution in [1.29, 1.82) is 10.5 Å². The molecule has 4 aromatic rings. The minimum absolute atomic E-state index is 0.0340. The van der Waals surface area contributed by atoms with E-state index in [0.29, 0.717) is 38.5 Å². The van der Waals surface area contributed by atoms with Gasteiger partial charge in [-0.3, -0.25) is 9.97 Å². The van der Waals surface area contributed by atoms with Crippen LogP contribution < -0.4 is 15.2 Å². The van der Waals surface area contributed by atoms with Crippen LogP contribution in [0, 0.1) is 22.7 Å². The van der Waals surface area contributed by atoms with Crippen LogP contribution in [-0.2, 0) is 9.05 Å². The zero-order chi connectivity index (χ0) is 27.0. The number of hydrogen-bond acceptors (Lipinski definition) is 9. The molecule has 0 aliphatic rings. The van der Waals surface area contributed by atoms with E-state index in [2.05, 4.69) is 9.97 Å². The van der Waals surface area contributed by atoms with E-state index in [4.69, 9.17) is 59.6 Å². The third-order valence-electron chi connectivity index (χ3n) is 4.29. The predicted octanol–water partition coefficient (Wildman–Crippen LogP) is 6.31. The van der Waals surface area contributed by atoms with Gasteiger partial charge in [-0.15, -0.1) is 0 Å². The molecule has 2 aromatic heterocycles. The molecule has 2 heterocycles. The Hall–Kier alpha value is -4.06. The lowest BCUT2D eigenvalue weighted by atomic mass is 10.2. The molecule has 0 amide bonds. The van der Waals surface area contributed by atoms with Gasteiger partial charge in [-0.2, -0.15) is 10.5 Å². The average Bonchev–Trinajstić information content (AvgIpc) is 2.85. The van der Waals surface area contributed by atoms with E-state index in [1.807, 2.05) is 12.1 Å². The van der Waals surface area contributed by atoms with Crippen molar-refractivity contribution in [1.82, 2.24) is 9.97 Å². The summed E-state index contributed by atoms with van der Waals surface area (Å²) >= 11 is 11.5. The molecule has 2 N–H and O–H groups in total. The highest BCUT2D eigenvalue weighted by Gasteiger charge is 2.14. The number of hydrogen-bond donors (Lipinski definition) is 1. The van der Waals surface area contributed by atoms with Crippen LogP contribution >= 0.6 is 33.9 Å². The number of rotatable bonds is 5. The fourth-order valence-electron chi connectivity index (χ4n) is 2.71. The first kappa shape index (κ1) is 27.5. The minimum atomic E-state index is -3.90. The van der Waals surface area contributed by atoms with E-state index < -0.39 is 9.05 Å². The summed E-state index contributed by atoms with van der Waals surface area (Å²) in [5.41, 5.74) is 6.49. The van der Waals surface area contributed by atoms with Crippen LogP contribution in [-0.4, -0.2) is 18.4 Å². The van der Waals surface area contributed by atoms with Crippen molar-refractivity contribution in [3.05, 3.63) is 94.5 Å². The molecule has 0 radical (unpaired) electrons. The molecule has 0 aliphatic heterocycles. The van der Waals surface area contributed by atoms with E-state index in [0.717, 1.165) is 6.07 Å². The Morgan fingerprint density at radius 1 is 0.757 bits per heavy atom. The van der Waals surface area contributed by atoms with E-state index in [1.165, 1.54) is 43.0 Å². The van der Waals surface area contributed by atoms with Crippen LogP contribution in [0.4, 0.5) is 5.69 Å². The van der Waals surface area contributed by atoms with Gasteiger partial charge in [0.2, 0.25) is 0 Å². The first-order valence-electron chi connectivity index (χ1n) is 9.94. The number of benzene rings is 2. The summed E-state index contributed by atoms with van der Waals surface area (Å²) in [5.74, 6) is 1.40. The molecule has 0 bridgehead atoms. The Labute approximate surface area is 226 Å². The molecule has 9 nitrogen and oxygen atoms in total. The number of nitrogens with two attached hydrogens (primary N) is 1. The Morgan fingerprint density at radius 3 is 1.70 bits per heavy atom. The van der Waals surface area contributed by atoms with Crippen molar-refractivity contribution < 1.29 is 17.9 Å². The van der Waals surface area contributed by atoms with Crippen LogP contribution in [0.1, 0.15) is 11.1 Å². The third-order valence-corrected chi connectivity index (χ3v) is 6.06. The third kappa shape index (κ3) is 7.97. The highest BCUT2D eigenvalue weighted by atomic mass is 35.7. The van der Waals surface area contributed by atoms with Crippen LogP contribution in [0.25, 0.3) is 0 Å². The number of ether oxygens (including phenoxy) is 2. The second kappa shape index (κ2) is 12.3. The summed E-state index contributed by atoms with van der Waals surface area (Å²) in [7, 11) is 1.32. The van der Waals surface area contributed by atoms with Gasteiger partial charge in [-0.1, -0.05) is 23.2 Å². The molecule has 0 saturated carbocycles. The fourth-order valence-corrected chi connectivity index (χ4v) is 3.82. The first-order chi connectivity index (χ1) is 17.6. The average molecular weight is 575 g/mol. The SMILES string of the molecule is N#Cc1cc(N)ccc1Oc1cncc(Cl)c1.N#Cc1cc(S(=O)(=O)Cl)ccc1Oc1cncc(Cl)c1. The number of aromatic nitrogens is 2. The predicted molar refractivity (Wildman–Crippen MR) is 138 cm³/mol. The normalized spacial score (nSPS) is 10.3. The topological polar surface area (TPSA) is 152 Å². The zero-order valence-corrected chi connectivity index (χ0v) is 21.6. The summed E-state index contributed by atoms with van der Waals surface area (Å²) in [5, 5.41) is 18.8. The number of halogens is 3. The highest BCUT2D eigenvalue weighted by molar-refractivity contribution is 8.13. The van der Waals surface area contributed by atoms with Crippen LogP contribution in [0.2, 0.25) is 10.0 Å². The van der Waals surface area contributed by atoms with Gasteiger partial charge >= 0.3 is 0 Å². The fraction of sp³-hybridized carbons (Fsp3) is 0. The molecule has 4 rings (SSSR count). The lowest BCUT2D eigenvalue weighted by Gasteiger charge is -2.08. The largest absolute Gasteiger partial charge is 0.454 e. The summed E-state index contributed by atoms with van der Waals surface area (Å²) in [6.07, 6.45) is 5.87. The summed E-state index contributed by atoms with van der Waals surface area (Å²) < 4.78 is 33.4. The smallest absolute Gasteiger partial charge is 0.261 e. The standard InChI is InChI=1S/C12H6Cl2N2O3S.C12H8ClN3O/c13-9-4-10(7-16-6-9)19-12-2-1-11(20(14,17)18)3-8(12)5-15;13-9-4-11(7-16-6-9)17-12-2-1-10(15)3-8(12)5-14/h1-4,6-7H;1-4,6-7H,15H2. The van der Waals surface area contributed by atoms with Crippen LogP contribution in [0.3, 0.4) is 0 Å². The maximum atomic E-state index is 11.2. The molecule has 0 aliphatic carbocycles. The number of nitriles is 2. The monoisotopic (exact) mass is 573 g/mol. The summed E-state index contributed by atoms with van der Waals surface area (Å²) in [6.45, 7) is 0. The summed E-state index contributed by atoms with van der Waals surface area (Å²) in [6, 6.07) is 15.6. The second-order valence-electron chi connectivity index (χ2n) is 6.96. The zero-order valence-electron chi connectivity index (χ0n) is 18.5. The molecule has 0 atom stereocenters. The Kier molecular flexibility index (Phi) is 9.12. The summed E-state index contributed by atoms with van der Waals surface area (Å²) in [4.78, 5) is 7.55. The van der Waals surface area contributed by atoms with Gasteiger partial charge in [0.15, 0.2) is 0 Å².